The molecule has 0 aliphatic carbocycles. The Hall–Kier alpha value is -2.63. The summed E-state index contributed by atoms with van der Waals surface area (Å²) in [6.07, 6.45) is 38.5. The first-order chi connectivity index (χ1) is 27.8. The lowest BCUT2D eigenvalue weighted by Crippen LogP contribution is -2.37. The van der Waals surface area contributed by atoms with E-state index in [0.29, 0.717) is 36.7 Å². The van der Waals surface area contributed by atoms with Gasteiger partial charge in [0.15, 0.2) is 6.10 Å². The molecule has 0 rings (SSSR count). The van der Waals surface area contributed by atoms with Crippen LogP contribution in [0.4, 0.5) is 0 Å². The number of aliphatic hydroxyl groups is 2. The average molecular weight is 838 g/mol. The molecule has 0 aliphatic heterocycles. The number of nitrogens with zero attached hydrogens (tertiary/aromatic N) is 1. The van der Waals surface area contributed by atoms with Crippen molar-refractivity contribution in [2.45, 2.75) is 161 Å². The monoisotopic (exact) mass is 838 g/mol. The van der Waals surface area contributed by atoms with Gasteiger partial charge in [0.2, 0.25) is 0 Å². The molecule has 334 valence electrons. The van der Waals surface area contributed by atoms with E-state index in [-0.39, 0.29) is 26.1 Å². The maximum Gasteiger partial charge on any atom is 0.306 e. The van der Waals surface area contributed by atoms with Crippen LogP contribution in [0.15, 0.2) is 72.9 Å². The number of esters is 2. The summed E-state index contributed by atoms with van der Waals surface area (Å²) in [6.45, 7) is 3.79. The number of hydrogen-bond donors (Lipinski definition) is 2. The first-order valence-corrected chi connectivity index (χ1v) is 23.3. The second-order valence-electron chi connectivity index (χ2n) is 15.8. The molecule has 0 saturated heterocycles. The van der Waals surface area contributed by atoms with E-state index in [0.717, 1.165) is 70.6 Å². The zero-order chi connectivity index (χ0) is 43.2. The summed E-state index contributed by atoms with van der Waals surface area (Å²) in [5, 5.41) is 20.2. The highest BCUT2D eigenvalue weighted by Gasteiger charge is 2.22. The molecule has 0 aliphatic rings. The summed E-state index contributed by atoms with van der Waals surface area (Å²) in [5.41, 5.74) is 0. The topological polar surface area (TPSA) is 152 Å². The highest BCUT2D eigenvalue weighted by Crippen LogP contribution is 2.38. The number of hydrogen-bond acceptors (Lipinski definition) is 10. The fourth-order valence-corrected chi connectivity index (χ4v) is 6.10. The third kappa shape index (κ3) is 40.2. The Morgan fingerprint density at radius 3 is 1.79 bits per heavy atom. The second-order valence-corrected chi connectivity index (χ2v) is 17.2. The highest BCUT2D eigenvalue weighted by atomic mass is 31.2. The molecular formula is C46H80NO10P. The van der Waals surface area contributed by atoms with E-state index in [1.807, 2.05) is 51.5 Å². The van der Waals surface area contributed by atoms with Gasteiger partial charge in [0, 0.05) is 12.8 Å². The Labute approximate surface area is 352 Å². The van der Waals surface area contributed by atoms with E-state index in [1.165, 1.54) is 19.3 Å². The molecule has 4 atom stereocenters. The maximum absolute atomic E-state index is 12.7. The summed E-state index contributed by atoms with van der Waals surface area (Å²) < 4.78 is 33.6. The molecule has 0 aromatic carbocycles. The summed E-state index contributed by atoms with van der Waals surface area (Å²) in [5.74, 6) is -1.09. The fraction of sp³-hybridized carbons (Fsp3) is 0.696. The lowest BCUT2D eigenvalue weighted by atomic mass is 10.1. The number of phosphoric acid groups is 1. The second kappa shape index (κ2) is 37.4. The van der Waals surface area contributed by atoms with E-state index in [9.17, 15) is 29.3 Å². The van der Waals surface area contributed by atoms with Crippen molar-refractivity contribution in [1.82, 2.24) is 0 Å². The van der Waals surface area contributed by atoms with Crippen molar-refractivity contribution in [3.8, 4) is 0 Å². The average Bonchev–Trinajstić information content (AvgIpc) is 3.16. The van der Waals surface area contributed by atoms with Gasteiger partial charge in [0.25, 0.3) is 7.82 Å². The lowest BCUT2D eigenvalue weighted by Gasteiger charge is -2.28. The number of carbonyl (C=O) groups excluding carboxylic acids is 2. The SMILES string of the molecule is CCCCC/C=C\C/C=C\CCCCCCCC(=O)OC[C@H](COP(=O)([O-])OCC[N+](C)(C)C)OC(=O)CCC[C@H](O)/C=C/C=C\C/C=C\C=C\[C@H](O)CCCCC. The van der Waals surface area contributed by atoms with Crippen LogP contribution in [0.1, 0.15) is 142 Å². The Kier molecular flexibility index (Phi) is 35.7. The molecule has 0 aromatic heterocycles. The number of unbranched alkanes of at least 4 members (excludes halogenated alkanes) is 10. The number of allylic oxidation sites excluding steroid dienone is 10. The largest absolute Gasteiger partial charge is 0.756 e. The molecule has 1 unspecified atom stereocenters. The van der Waals surface area contributed by atoms with Crippen LogP contribution in [-0.4, -0.2) is 92.5 Å². The first-order valence-electron chi connectivity index (χ1n) is 21.9. The molecule has 0 heterocycles. The van der Waals surface area contributed by atoms with Gasteiger partial charge in [0.05, 0.1) is 40.0 Å². The molecule has 0 radical (unpaired) electrons. The van der Waals surface area contributed by atoms with Crippen molar-refractivity contribution >= 4 is 19.8 Å². The van der Waals surface area contributed by atoms with Gasteiger partial charge in [-0.2, -0.15) is 0 Å². The van der Waals surface area contributed by atoms with Gasteiger partial charge in [-0.25, -0.2) is 0 Å². The molecule has 0 aromatic rings. The minimum atomic E-state index is -4.70. The van der Waals surface area contributed by atoms with Crippen molar-refractivity contribution in [3.05, 3.63) is 72.9 Å². The summed E-state index contributed by atoms with van der Waals surface area (Å²) in [7, 11) is 0.998. The molecule has 0 fully saturated rings. The van der Waals surface area contributed by atoms with Gasteiger partial charge in [-0.05, 0) is 64.2 Å². The van der Waals surface area contributed by atoms with Crippen LogP contribution in [0.25, 0.3) is 0 Å². The third-order valence-corrected chi connectivity index (χ3v) is 9.87. The third-order valence-electron chi connectivity index (χ3n) is 8.91. The van der Waals surface area contributed by atoms with Gasteiger partial charge in [-0.3, -0.25) is 14.2 Å². The number of ether oxygens (including phenoxy) is 2. The predicted molar refractivity (Wildman–Crippen MR) is 234 cm³/mol. The van der Waals surface area contributed by atoms with E-state index in [2.05, 4.69) is 38.2 Å². The first kappa shape index (κ1) is 55.4. The van der Waals surface area contributed by atoms with Gasteiger partial charge in [-0.1, -0.05) is 138 Å². The Balaban J connectivity index is 4.66. The number of likely N-dealkylation sites (N-methyl/N-ethyl adjacent to an activating group) is 1. The van der Waals surface area contributed by atoms with E-state index < -0.39 is 44.7 Å². The van der Waals surface area contributed by atoms with Crippen molar-refractivity contribution in [3.63, 3.8) is 0 Å². The van der Waals surface area contributed by atoms with Crippen molar-refractivity contribution in [1.29, 1.82) is 0 Å². The molecule has 12 heteroatoms. The molecule has 0 saturated carbocycles. The van der Waals surface area contributed by atoms with Crippen LogP contribution in [0.5, 0.6) is 0 Å². The van der Waals surface area contributed by atoms with Crippen LogP contribution in [-0.2, 0) is 32.7 Å². The Morgan fingerprint density at radius 2 is 1.17 bits per heavy atom. The van der Waals surface area contributed by atoms with Crippen LogP contribution in [0.2, 0.25) is 0 Å². The predicted octanol–water partition coefficient (Wildman–Crippen LogP) is 9.55. The molecule has 58 heavy (non-hydrogen) atoms. The van der Waals surface area contributed by atoms with E-state index in [1.54, 1.807) is 18.2 Å². The molecule has 0 amide bonds. The van der Waals surface area contributed by atoms with Crippen molar-refractivity contribution in [2.24, 2.45) is 0 Å². The smallest absolute Gasteiger partial charge is 0.306 e. The standard InChI is InChI=1S/C46H80NO10P/c1-6-8-10-11-12-13-14-15-16-17-18-19-23-26-30-36-45(50)54-40-44(41-56-58(52,53)55-39-38-47(3,4)5)57-46(51)37-31-35-43(49)34-29-25-22-20-21-24-28-33-42(48)32-27-9-7-2/h12-13,15-16,21-22,24-25,28-29,33-34,42-44,48-49H,6-11,14,17-20,23,26-27,30-32,35-41H2,1-5H3/b13-12-,16-15-,24-21-,25-22-,33-28+,34-29+/t42-,43-,44-/m1/s1. The number of carbonyl (C=O) groups is 2. The lowest BCUT2D eigenvalue weighted by molar-refractivity contribution is -0.870. The fourth-order valence-electron chi connectivity index (χ4n) is 5.37. The van der Waals surface area contributed by atoms with Gasteiger partial charge < -0.3 is 38.1 Å². The van der Waals surface area contributed by atoms with Crippen molar-refractivity contribution in [2.75, 3.05) is 47.5 Å². The number of quaternary nitrogens is 1. The van der Waals surface area contributed by atoms with E-state index in [4.69, 9.17) is 18.5 Å². The molecule has 11 nitrogen and oxygen atoms in total. The molecular weight excluding hydrogens is 757 g/mol. The van der Waals surface area contributed by atoms with Gasteiger partial charge >= 0.3 is 11.9 Å². The van der Waals surface area contributed by atoms with Gasteiger partial charge in [0.1, 0.15) is 19.8 Å². The highest BCUT2D eigenvalue weighted by molar-refractivity contribution is 7.45. The minimum Gasteiger partial charge on any atom is -0.756 e. The van der Waals surface area contributed by atoms with E-state index >= 15 is 0 Å². The normalized spacial score (nSPS) is 15.4. The minimum absolute atomic E-state index is 0.0300. The van der Waals surface area contributed by atoms with Crippen molar-refractivity contribution < 1.29 is 52.3 Å². The van der Waals surface area contributed by atoms with Gasteiger partial charge in [-0.15, -0.1) is 0 Å². The van der Waals surface area contributed by atoms with Crippen LogP contribution < -0.4 is 4.89 Å². The number of rotatable bonds is 38. The Bertz CT molecular complexity index is 1250. The number of aliphatic hydroxyl groups excluding tert-OH is 2. The molecule has 0 spiro atoms. The van der Waals surface area contributed by atoms with Crippen LogP contribution in [0, 0.1) is 0 Å². The van der Waals surface area contributed by atoms with Crippen LogP contribution >= 0.6 is 7.82 Å². The quantitative estimate of drug-likeness (QED) is 0.0154. The molecule has 0 bridgehead atoms. The van der Waals surface area contributed by atoms with Crippen LogP contribution in [0.3, 0.4) is 0 Å². The summed E-state index contributed by atoms with van der Waals surface area (Å²) in [6, 6.07) is 0. The summed E-state index contributed by atoms with van der Waals surface area (Å²) >= 11 is 0. The zero-order valence-corrected chi connectivity index (χ0v) is 37.6. The maximum atomic E-state index is 12.7. The molecule has 2 N–H and O–H groups in total. The summed E-state index contributed by atoms with van der Waals surface area (Å²) in [4.78, 5) is 37.5. The zero-order valence-electron chi connectivity index (χ0n) is 36.7. The Morgan fingerprint density at radius 1 is 0.638 bits per heavy atom. The number of phosphoric ester groups is 1.